The summed E-state index contributed by atoms with van der Waals surface area (Å²) in [5.74, 6) is -2.88. The summed E-state index contributed by atoms with van der Waals surface area (Å²) in [6.45, 7) is 1.05. The summed E-state index contributed by atoms with van der Waals surface area (Å²) in [6.07, 6.45) is 2.06. The molecule has 5 rings (SSSR count). The van der Waals surface area contributed by atoms with E-state index in [9.17, 15) is 28.2 Å². The van der Waals surface area contributed by atoms with E-state index in [2.05, 4.69) is 10.6 Å². The number of alkyl halides is 3. The van der Waals surface area contributed by atoms with Gasteiger partial charge in [-0.3, -0.25) is 0 Å². The van der Waals surface area contributed by atoms with Crippen LogP contribution in [0.3, 0.4) is 0 Å². The molecule has 7 nitrogen and oxygen atoms in total. The lowest BCUT2D eigenvalue weighted by Gasteiger charge is -2.56. The number of benzene rings is 2. The summed E-state index contributed by atoms with van der Waals surface area (Å²) in [4.78, 5) is 20.4. The minimum absolute atomic E-state index is 0.191. The Morgan fingerprint density at radius 3 is 2.46 bits per heavy atom. The van der Waals surface area contributed by atoms with Crippen LogP contribution in [0.1, 0.15) is 53.6 Å². The fourth-order valence-electron chi connectivity index (χ4n) is 6.00. The number of carboxylic acid groups (broad SMARTS) is 2. The van der Waals surface area contributed by atoms with E-state index in [0.29, 0.717) is 23.3 Å². The van der Waals surface area contributed by atoms with Crippen LogP contribution < -0.4 is 10.6 Å². The number of carbonyl (C=O) groups is 2. The van der Waals surface area contributed by atoms with E-state index < -0.39 is 18.1 Å². The van der Waals surface area contributed by atoms with E-state index in [4.69, 9.17) is 9.90 Å². The van der Waals surface area contributed by atoms with E-state index >= 15 is 0 Å². The van der Waals surface area contributed by atoms with Gasteiger partial charge in [0.15, 0.2) is 0 Å². The Labute approximate surface area is 200 Å². The van der Waals surface area contributed by atoms with Crippen molar-refractivity contribution in [3.63, 3.8) is 0 Å². The Morgan fingerprint density at radius 2 is 1.77 bits per heavy atom. The Hall–Kier alpha value is -3.27. The number of hydrogen-bond acceptors (Lipinski definition) is 5. The molecule has 0 radical (unpaired) electrons. The number of aromatic carboxylic acids is 1. The molecule has 1 aliphatic heterocycles. The number of halogens is 3. The van der Waals surface area contributed by atoms with Crippen molar-refractivity contribution in [2.24, 2.45) is 5.92 Å². The molecular weight excluding hydrogens is 465 g/mol. The van der Waals surface area contributed by atoms with Crippen molar-refractivity contribution in [2.75, 3.05) is 11.9 Å². The SMILES string of the molecule is O=C(O)C(F)(F)F.O=C(O)c1ccccc1Nc1cc2c(cc1O)[C@]13CCCC[C@@H]1[C@H](C2)NCC3. The van der Waals surface area contributed by atoms with Gasteiger partial charge in [0, 0.05) is 11.5 Å². The predicted octanol–water partition coefficient (Wildman–Crippen LogP) is 4.81. The molecule has 0 aromatic heterocycles. The lowest BCUT2D eigenvalue weighted by Crippen LogP contribution is -2.59. The summed E-state index contributed by atoms with van der Waals surface area (Å²) in [5.41, 5.74) is 4.07. The molecule has 0 spiro atoms. The van der Waals surface area contributed by atoms with Crippen molar-refractivity contribution in [2.45, 2.75) is 56.2 Å². The highest BCUT2D eigenvalue weighted by Gasteiger charge is 2.51. The average molecular weight is 492 g/mol. The molecule has 2 fully saturated rings. The number of rotatable bonds is 3. The lowest BCUT2D eigenvalue weighted by atomic mass is 9.53. The van der Waals surface area contributed by atoms with Gasteiger partial charge < -0.3 is 26.0 Å². The van der Waals surface area contributed by atoms with Crippen LogP contribution in [0.2, 0.25) is 0 Å². The van der Waals surface area contributed by atoms with Crippen molar-refractivity contribution in [3.05, 3.63) is 53.1 Å². The van der Waals surface area contributed by atoms with Crippen LogP contribution in [-0.2, 0) is 16.6 Å². The number of nitrogens with one attached hydrogen (secondary N) is 2. The van der Waals surface area contributed by atoms with Gasteiger partial charge in [0.05, 0.1) is 16.9 Å². The van der Waals surface area contributed by atoms with Gasteiger partial charge in [0.1, 0.15) is 5.75 Å². The third-order valence-corrected chi connectivity index (χ3v) is 7.43. The lowest BCUT2D eigenvalue weighted by molar-refractivity contribution is -0.192. The zero-order valence-corrected chi connectivity index (χ0v) is 18.9. The molecule has 0 amide bonds. The summed E-state index contributed by atoms with van der Waals surface area (Å²) < 4.78 is 31.7. The fourth-order valence-corrected chi connectivity index (χ4v) is 6.00. The van der Waals surface area contributed by atoms with Crippen molar-refractivity contribution >= 4 is 23.3 Å². The van der Waals surface area contributed by atoms with Crippen molar-refractivity contribution in [3.8, 4) is 5.75 Å². The van der Waals surface area contributed by atoms with Gasteiger partial charge in [-0.25, -0.2) is 9.59 Å². The number of para-hydroxylation sites is 1. The number of phenols is 1. The Kier molecular flexibility index (Phi) is 6.68. The smallest absolute Gasteiger partial charge is 0.490 e. The zero-order valence-electron chi connectivity index (χ0n) is 18.9. The second-order valence-corrected chi connectivity index (χ2v) is 9.33. The van der Waals surface area contributed by atoms with Crippen LogP contribution in [0, 0.1) is 5.92 Å². The molecule has 2 aromatic rings. The number of aliphatic carboxylic acids is 1. The van der Waals surface area contributed by atoms with Crippen molar-refractivity contribution < 1.29 is 38.1 Å². The minimum atomic E-state index is -5.08. The summed E-state index contributed by atoms with van der Waals surface area (Å²) >= 11 is 0. The summed E-state index contributed by atoms with van der Waals surface area (Å²) in [7, 11) is 0. The Morgan fingerprint density at radius 1 is 1.06 bits per heavy atom. The first-order chi connectivity index (χ1) is 16.5. The molecule has 1 heterocycles. The van der Waals surface area contributed by atoms with Gasteiger partial charge in [0.2, 0.25) is 0 Å². The molecule has 3 aliphatic rings. The third kappa shape index (κ3) is 4.80. The Bertz CT molecular complexity index is 1130. The van der Waals surface area contributed by atoms with Crippen molar-refractivity contribution in [1.29, 1.82) is 0 Å². The van der Waals surface area contributed by atoms with E-state index in [1.165, 1.54) is 36.8 Å². The first-order valence-corrected chi connectivity index (χ1v) is 11.5. The van der Waals surface area contributed by atoms with Gasteiger partial charge >= 0.3 is 18.1 Å². The van der Waals surface area contributed by atoms with Gasteiger partial charge in [-0.1, -0.05) is 25.0 Å². The molecule has 1 saturated carbocycles. The maximum Gasteiger partial charge on any atom is 0.490 e. The van der Waals surface area contributed by atoms with Crippen LogP contribution in [-0.4, -0.2) is 46.0 Å². The molecule has 2 aromatic carbocycles. The first-order valence-electron chi connectivity index (χ1n) is 11.5. The number of piperidine rings is 1. The third-order valence-electron chi connectivity index (χ3n) is 7.43. The van der Waals surface area contributed by atoms with Crippen LogP contribution >= 0.6 is 0 Å². The van der Waals surface area contributed by atoms with E-state index in [0.717, 1.165) is 19.4 Å². The first kappa shape index (κ1) is 24.8. The van der Waals surface area contributed by atoms with Crippen molar-refractivity contribution in [1.82, 2.24) is 5.32 Å². The number of anilines is 2. The highest BCUT2D eigenvalue weighted by atomic mass is 19.4. The van der Waals surface area contributed by atoms with Gasteiger partial charge in [-0.15, -0.1) is 0 Å². The average Bonchev–Trinajstić information content (AvgIpc) is 2.80. The number of carboxylic acids is 2. The zero-order chi connectivity index (χ0) is 25.4. The maximum absolute atomic E-state index is 11.5. The largest absolute Gasteiger partial charge is 0.506 e. The second kappa shape index (κ2) is 9.41. The number of phenolic OH excluding ortho intramolecular Hbond substituents is 1. The van der Waals surface area contributed by atoms with E-state index in [-0.39, 0.29) is 16.7 Å². The molecule has 0 unspecified atom stereocenters. The topological polar surface area (TPSA) is 119 Å². The summed E-state index contributed by atoms with van der Waals surface area (Å²) in [5, 5.41) is 34.3. The van der Waals surface area contributed by atoms with Gasteiger partial charge in [-0.2, -0.15) is 13.2 Å². The van der Waals surface area contributed by atoms with Crippen LogP contribution in [0.15, 0.2) is 36.4 Å². The number of fused-ring (bicyclic) bond motifs is 1. The highest BCUT2D eigenvalue weighted by Crippen LogP contribution is 2.55. The van der Waals surface area contributed by atoms with Gasteiger partial charge in [-0.05, 0) is 73.5 Å². The van der Waals surface area contributed by atoms with E-state index in [1.54, 1.807) is 24.3 Å². The fraction of sp³-hybridized carbons (Fsp3) is 0.440. The molecule has 10 heteroatoms. The number of hydrogen-bond donors (Lipinski definition) is 5. The molecule has 188 valence electrons. The highest BCUT2D eigenvalue weighted by molar-refractivity contribution is 5.95. The molecule has 2 aliphatic carbocycles. The van der Waals surface area contributed by atoms with Crippen LogP contribution in [0.25, 0.3) is 0 Å². The van der Waals surface area contributed by atoms with Gasteiger partial charge in [0.25, 0.3) is 0 Å². The molecular formula is C25H27F3N2O5. The standard InChI is InChI=1S/C23H26N2O3.C2HF3O2/c26-21-13-17-14(11-19-16-6-3-4-8-23(16,17)9-10-24-19)12-20(21)25-18-7-2-1-5-15(18)22(27)28;3-2(4,5)1(6)7/h1-2,5,7,12-13,16,19,24-26H,3-4,6,8-11H2,(H,27,28);(H,6,7)/t16-,19+,23+;/m1./s1. The molecule has 35 heavy (non-hydrogen) atoms. The van der Waals surface area contributed by atoms with E-state index in [1.807, 2.05) is 12.1 Å². The maximum atomic E-state index is 11.5. The quantitative estimate of drug-likeness (QED) is 0.390. The molecule has 5 N–H and O–H groups in total. The molecule has 1 saturated heterocycles. The Balaban J connectivity index is 0.000000364. The molecule has 3 atom stereocenters. The molecule has 2 bridgehead atoms. The normalized spacial score (nSPS) is 24.8. The predicted molar refractivity (Wildman–Crippen MR) is 122 cm³/mol. The van der Waals surface area contributed by atoms with Crippen LogP contribution in [0.5, 0.6) is 5.75 Å². The monoisotopic (exact) mass is 492 g/mol. The number of aromatic hydroxyl groups is 1. The summed E-state index contributed by atoms with van der Waals surface area (Å²) in [6, 6.07) is 11.3. The minimum Gasteiger partial charge on any atom is -0.506 e. The second-order valence-electron chi connectivity index (χ2n) is 9.33. The van der Waals surface area contributed by atoms with Crippen LogP contribution in [0.4, 0.5) is 24.5 Å².